The fraction of sp³-hybridized carbons (Fsp3) is 0.429. The third kappa shape index (κ3) is 1.56. The smallest absolute Gasteiger partial charge is 0.0459 e. The van der Waals surface area contributed by atoms with Crippen molar-refractivity contribution in [1.82, 2.24) is 4.98 Å². The van der Waals surface area contributed by atoms with Crippen LogP contribution in [0.1, 0.15) is 37.5 Å². The Hall–Kier alpha value is -1.24. The molecule has 0 aliphatic heterocycles. The maximum absolute atomic E-state index is 3.33. The fourth-order valence-corrected chi connectivity index (χ4v) is 2.46. The Morgan fingerprint density at radius 3 is 2.27 bits per heavy atom. The zero-order valence-corrected chi connectivity index (χ0v) is 10.2. The van der Waals surface area contributed by atoms with Gasteiger partial charge in [0.2, 0.25) is 0 Å². The number of benzene rings is 1. The lowest BCUT2D eigenvalue weighted by molar-refractivity contribution is 0.592. The fourth-order valence-electron chi connectivity index (χ4n) is 2.46. The van der Waals surface area contributed by atoms with Gasteiger partial charge in [-0.25, -0.2) is 0 Å². The molecule has 0 saturated heterocycles. The van der Waals surface area contributed by atoms with Crippen LogP contribution in [0, 0.1) is 13.8 Å². The van der Waals surface area contributed by atoms with Crippen LogP contribution in [0.2, 0.25) is 0 Å². The minimum absolute atomic E-state index is 0.205. The molecule has 1 N–H and O–H groups in total. The summed E-state index contributed by atoms with van der Waals surface area (Å²) in [4.78, 5) is 3.33. The first kappa shape index (κ1) is 10.3. The predicted octanol–water partition coefficient (Wildman–Crippen LogP) is 4.08. The van der Waals surface area contributed by atoms with Crippen LogP contribution in [0.3, 0.4) is 0 Å². The van der Waals surface area contributed by atoms with E-state index in [1.807, 2.05) is 0 Å². The third-order valence-corrected chi connectivity index (χ3v) is 3.00. The van der Waals surface area contributed by atoms with E-state index in [2.05, 4.69) is 57.9 Å². The Bertz CT molecular complexity index is 498. The molecule has 1 heterocycles. The quantitative estimate of drug-likeness (QED) is 0.661. The van der Waals surface area contributed by atoms with Crippen molar-refractivity contribution < 1.29 is 0 Å². The summed E-state index contributed by atoms with van der Waals surface area (Å²) < 4.78 is 0. The zero-order chi connectivity index (χ0) is 11.2. The molecule has 1 nitrogen and oxygen atoms in total. The van der Waals surface area contributed by atoms with Crippen molar-refractivity contribution in [3.05, 3.63) is 35.0 Å². The largest absolute Gasteiger partial charge is 0.361 e. The van der Waals surface area contributed by atoms with Gasteiger partial charge in [-0.1, -0.05) is 26.8 Å². The molecule has 0 bridgehead atoms. The first-order chi connectivity index (χ1) is 6.91. The summed E-state index contributed by atoms with van der Waals surface area (Å²) in [5.41, 5.74) is 5.66. The number of hydrogen-bond acceptors (Lipinski definition) is 0. The topological polar surface area (TPSA) is 15.8 Å². The van der Waals surface area contributed by atoms with Crippen molar-refractivity contribution in [3.8, 4) is 0 Å². The summed E-state index contributed by atoms with van der Waals surface area (Å²) in [6, 6.07) is 4.38. The highest BCUT2D eigenvalue weighted by Crippen LogP contribution is 2.34. The lowest BCUT2D eigenvalue weighted by atomic mass is 9.81. The molecular weight excluding hydrogens is 182 g/mol. The number of fused-ring (bicyclic) bond motifs is 1. The summed E-state index contributed by atoms with van der Waals surface area (Å²) in [5.74, 6) is 0. The Morgan fingerprint density at radius 1 is 1.00 bits per heavy atom. The van der Waals surface area contributed by atoms with Gasteiger partial charge in [0.1, 0.15) is 0 Å². The summed E-state index contributed by atoms with van der Waals surface area (Å²) >= 11 is 0. The molecule has 2 rings (SSSR count). The van der Waals surface area contributed by atoms with Gasteiger partial charge in [0.05, 0.1) is 0 Å². The van der Waals surface area contributed by atoms with Gasteiger partial charge < -0.3 is 4.98 Å². The van der Waals surface area contributed by atoms with Crippen molar-refractivity contribution in [3.63, 3.8) is 0 Å². The summed E-state index contributed by atoms with van der Waals surface area (Å²) in [6.07, 6.45) is 2.10. The van der Waals surface area contributed by atoms with Gasteiger partial charge in [0.15, 0.2) is 0 Å². The van der Waals surface area contributed by atoms with E-state index in [1.165, 1.54) is 27.6 Å². The predicted molar refractivity (Wildman–Crippen MR) is 66.5 cm³/mol. The van der Waals surface area contributed by atoms with E-state index in [-0.39, 0.29) is 5.41 Å². The second-order valence-corrected chi connectivity index (χ2v) is 5.40. The summed E-state index contributed by atoms with van der Waals surface area (Å²) in [5, 5.41) is 1.41. The maximum Gasteiger partial charge on any atom is 0.0459 e. The summed E-state index contributed by atoms with van der Waals surface area (Å²) in [7, 11) is 0. The molecule has 0 aliphatic carbocycles. The number of nitrogens with one attached hydrogen (secondary N) is 1. The molecule has 0 amide bonds. The minimum Gasteiger partial charge on any atom is -0.361 e. The van der Waals surface area contributed by atoms with E-state index in [0.29, 0.717) is 0 Å². The van der Waals surface area contributed by atoms with Crippen molar-refractivity contribution in [2.75, 3.05) is 0 Å². The van der Waals surface area contributed by atoms with E-state index in [4.69, 9.17) is 0 Å². The highest BCUT2D eigenvalue weighted by Gasteiger charge is 2.20. The van der Waals surface area contributed by atoms with Crippen molar-refractivity contribution in [2.45, 2.75) is 40.0 Å². The van der Waals surface area contributed by atoms with Crippen LogP contribution in [-0.2, 0) is 5.41 Å². The van der Waals surface area contributed by atoms with Crippen LogP contribution >= 0.6 is 0 Å². The third-order valence-electron chi connectivity index (χ3n) is 3.00. The number of H-pyrrole nitrogens is 1. The van der Waals surface area contributed by atoms with E-state index in [1.54, 1.807) is 0 Å². The highest BCUT2D eigenvalue weighted by molar-refractivity contribution is 5.88. The minimum atomic E-state index is 0.205. The molecular formula is C14H19N. The van der Waals surface area contributed by atoms with Crippen molar-refractivity contribution >= 4 is 10.9 Å². The lowest BCUT2D eigenvalue weighted by Gasteiger charge is -2.23. The van der Waals surface area contributed by atoms with Gasteiger partial charge in [-0.15, -0.1) is 0 Å². The number of rotatable bonds is 0. The second kappa shape index (κ2) is 3.13. The zero-order valence-electron chi connectivity index (χ0n) is 10.2. The number of aromatic nitrogens is 1. The van der Waals surface area contributed by atoms with Crippen LogP contribution in [-0.4, -0.2) is 4.98 Å². The van der Waals surface area contributed by atoms with Crippen molar-refractivity contribution in [2.24, 2.45) is 0 Å². The van der Waals surface area contributed by atoms with E-state index >= 15 is 0 Å². The number of hydrogen-bond donors (Lipinski definition) is 1. The normalized spacial score (nSPS) is 12.3. The molecule has 0 unspecified atom stereocenters. The van der Waals surface area contributed by atoms with Crippen LogP contribution in [0.4, 0.5) is 0 Å². The first-order valence-corrected chi connectivity index (χ1v) is 5.49. The number of aromatic amines is 1. The molecule has 0 spiro atoms. The molecule has 1 aromatic carbocycles. The Balaban J connectivity index is 2.90. The molecule has 1 aromatic heterocycles. The maximum atomic E-state index is 3.33. The van der Waals surface area contributed by atoms with Gasteiger partial charge in [-0.2, -0.15) is 0 Å². The van der Waals surface area contributed by atoms with E-state index in [0.717, 1.165) is 0 Å². The molecule has 80 valence electrons. The average molecular weight is 201 g/mol. The van der Waals surface area contributed by atoms with Crippen LogP contribution in [0.5, 0.6) is 0 Å². The monoisotopic (exact) mass is 201 g/mol. The first-order valence-electron chi connectivity index (χ1n) is 5.49. The van der Waals surface area contributed by atoms with E-state index < -0.39 is 0 Å². The van der Waals surface area contributed by atoms with Crippen molar-refractivity contribution in [1.29, 1.82) is 0 Å². The molecule has 0 radical (unpaired) electrons. The standard InChI is InChI=1S/C14H19N/c1-9-6-7-11-12(10(2)8-15-11)13(9)14(3,4)5/h6-8,15H,1-5H3. The Kier molecular flexibility index (Phi) is 2.14. The molecule has 0 saturated carbocycles. The molecule has 0 atom stereocenters. The Morgan fingerprint density at radius 2 is 1.67 bits per heavy atom. The SMILES string of the molecule is Cc1ccc2[nH]cc(C)c2c1C(C)(C)C. The van der Waals surface area contributed by atoms with E-state index in [9.17, 15) is 0 Å². The Labute approximate surface area is 91.5 Å². The molecule has 0 fully saturated rings. The van der Waals surface area contributed by atoms with Gasteiger partial charge >= 0.3 is 0 Å². The van der Waals surface area contributed by atoms with Gasteiger partial charge in [0, 0.05) is 17.1 Å². The van der Waals surface area contributed by atoms with Gasteiger partial charge in [-0.3, -0.25) is 0 Å². The molecule has 1 heteroatoms. The molecule has 2 aromatic rings. The lowest BCUT2D eigenvalue weighted by Crippen LogP contribution is -2.13. The average Bonchev–Trinajstić information content (AvgIpc) is 2.46. The van der Waals surface area contributed by atoms with Gasteiger partial charge in [-0.05, 0) is 42.0 Å². The van der Waals surface area contributed by atoms with Crippen LogP contribution in [0.25, 0.3) is 10.9 Å². The molecule has 15 heavy (non-hydrogen) atoms. The van der Waals surface area contributed by atoms with Crippen LogP contribution in [0.15, 0.2) is 18.3 Å². The number of aryl methyl sites for hydroxylation is 2. The van der Waals surface area contributed by atoms with Gasteiger partial charge in [0.25, 0.3) is 0 Å². The highest BCUT2D eigenvalue weighted by atomic mass is 14.7. The second-order valence-electron chi connectivity index (χ2n) is 5.40. The van der Waals surface area contributed by atoms with Crippen LogP contribution < -0.4 is 0 Å². The summed E-state index contributed by atoms with van der Waals surface area (Å²) in [6.45, 7) is 11.2. The molecule has 0 aliphatic rings.